The third kappa shape index (κ3) is 6.22. The average molecular weight is 661 g/mol. The van der Waals surface area contributed by atoms with Gasteiger partial charge < -0.3 is 9.73 Å². The minimum absolute atomic E-state index is 0.0281. The zero-order valence-corrected chi connectivity index (χ0v) is 24.5. The number of rotatable bonds is 7. The lowest BCUT2D eigenvalue weighted by molar-refractivity contribution is -0.137. The standard InChI is InChI=1S/C28H26F6N4O6S/c1-15(2)38-25(40)17(13-36(26(38)41)20-6-3-18(4-7-20)28(32,33)34)12-35-24(39)21-11-27(30,31)14-37(21)45(42,43)23-10-16-9-19(29)5-8-22(16)44-23/h3-10,15,17,21H,11-14H2,1-2H3,(H,35,39)/t17?,21-/m0/s1. The van der Waals surface area contributed by atoms with Gasteiger partial charge in [-0.2, -0.15) is 17.5 Å². The van der Waals surface area contributed by atoms with Gasteiger partial charge in [0.05, 0.1) is 18.0 Å². The van der Waals surface area contributed by atoms with Crippen LogP contribution < -0.4 is 10.2 Å². The topological polar surface area (TPSA) is 120 Å². The molecule has 0 saturated carbocycles. The molecule has 2 saturated heterocycles. The molecule has 0 radical (unpaired) electrons. The number of fused-ring (bicyclic) bond motifs is 1. The van der Waals surface area contributed by atoms with Gasteiger partial charge in [0.2, 0.25) is 16.9 Å². The number of carbonyl (C=O) groups excluding carboxylic acids is 3. The van der Waals surface area contributed by atoms with Crippen LogP contribution in [0.4, 0.5) is 36.8 Å². The van der Waals surface area contributed by atoms with Gasteiger partial charge in [0.15, 0.2) is 0 Å². The van der Waals surface area contributed by atoms with E-state index in [9.17, 15) is 49.1 Å². The van der Waals surface area contributed by atoms with E-state index in [1.807, 2.05) is 0 Å². The fourth-order valence-electron chi connectivity index (χ4n) is 5.31. The largest absolute Gasteiger partial charge is 0.443 e. The molecule has 17 heteroatoms. The van der Waals surface area contributed by atoms with Crippen LogP contribution in [0.15, 0.2) is 58.0 Å². The predicted molar refractivity (Wildman–Crippen MR) is 146 cm³/mol. The molecule has 0 aliphatic carbocycles. The Morgan fingerprint density at radius 3 is 2.38 bits per heavy atom. The van der Waals surface area contributed by atoms with Crippen molar-refractivity contribution in [2.45, 2.75) is 49.5 Å². The Kier molecular flexibility index (Phi) is 8.14. The fourth-order valence-corrected chi connectivity index (χ4v) is 6.87. The minimum atomic E-state index is -4.82. The van der Waals surface area contributed by atoms with Crippen molar-refractivity contribution in [3.63, 3.8) is 0 Å². The lowest BCUT2D eigenvalue weighted by Gasteiger charge is -2.40. The third-order valence-corrected chi connectivity index (χ3v) is 9.23. The smallest absolute Gasteiger partial charge is 0.416 e. The molecule has 45 heavy (non-hydrogen) atoms. The summed E-state index contributed by atoms with van der Waals surface area (Å²) in [6, 6.07) is 4.35. The van der Waals surface area contributed by atoms with E-state index >= 15 is 0 Å². The summed E-state index contributed by atoms with van der Waals surface area (Å²) in [5, 5.41) is 1.61. The lowest BCUT2D eigenvalue weighted by Crippen LogP contribution is -2.61. The van der Waals surface area contributed by atoms with Gasteiger partial charge in [0.25, 0.3) is 15.9 Å². The molecule has 2 aliphatic rings. The summed E-state index contributed by atoms with van der Waals surface area (Å²) in [5.41, 5.74) is -0.945. The number of carbonyl (C=O) groups is 3. The monoisotopic (exact) mass is 660 g/mol. The number of amides is 4. The Bertz CT molecular complexity index is 1760. The molecular formula is C28H26F6N4O6S. The van der Waals surface area contributed by atoms with Gasteiger partial charge in [0, 0.05) is 42.7 Å². The summed E-state index contributed by atoms with van der Waals surface area (Å²) >= 11 is 0. The first-order chi connectivity index (χ1) is 20.9. The third-order valence-electron chi connectivity index (χ3n) is 7.52. The summed E-state index contributed by atoms with van der Waals surface area (Å²) in [7, 11) is -4.82. The lowest BCUT2D eigenvalue weighted by atomic mass is 10.0. The summed E-state index contributed by atoms with van der Waals surface area (Å²) < 4.78 is 114. The maximum absolute atomic E-state index is 14.5. The molecule has 0 bridgehead atoms. The van der Waals surface area contributed by atoms with E-state index in [0.29, 0.717) is 0 Å². The Hall–Kier alpha value is -4.12. The number of nitrogens with zero attached hydrogens (tertiary/aromatic N) is 3. The van der Waals surface area contributed by atoms with E-state index < -0.39 is 94.0 Å². The predicted octanol–water partition coefficient (Wildman–Crippen LogP) is 4.60. The molecule has 4 amide bonds. The van der Waals surface area contributed by atoms with Crippen molar-refractivity contribution in [2.24, 2.45) is 5.92 Å². The second-order valence-electron chi connectivity index (χ2n) is 11.1. The molecule has 0 spiro atoms. The zero-order chi connectivity index (χ0) is 33.1. The van der Waals surface area contributed by atoms with Crippen LogP contribution in [0.2, 0.25) is 0 Å². The Morgan fingerprint density at radius 2 is 1.76 bits per heavy atom. The van der Waals surface area contributed by atoms with Crippen molar-refractivity contribution in [3.8, 4) is 0 Å². The number of sulfonamides is 1. The summed E-state index contributed by atoms with van der Waals surface area (Å²) in [4.78, 5) is 41.5. The van der Waals surface area contributed by atoms with Gasteiger partial charge in [-0.25, -0.2) is 26.4 Å². The van der Waals surface area contributed by atoms with Gasteiger partial charge in [-0.1, -0.05) is 0 Å². The molecule has 2 aromatic carbocycles. The number of nitrogens with one attached hydrogen (secondary N) is 1. The molecule has 3 heterocycles. The fraction of sp³-hybridized carbons (Fsp3) is 0.393. The molecule has 1 unspecified atom stereocenters. The van der Waals surface area contributed by atoms with Crippen molar-refractivity contribution in [1.82, 2.24) is 14.5 Å². The van der Waals surface area contributed by atoms with Crippen molar-refractivity contribution < 1.29 is 53.6 Å². The molecule has 2 aliphatic heterocycles. The molecular weight excluding hydrogens is 634 g/mol. The number of imide groups is 1. The van der Waals surface area contributed by atoms with Crippen molar-refractivity contribution in [3.05, 3.63) is 59.9 Å². The number of hydrogen-bond acceptors (Lipinski definition) is 6. The van der Waals surface area contributed by atoms with Crippen LogP contribution in [-0.4, -0.2) is 73.1 Å². The number of alkyl halides is 5. The zero-order valence-electron chi connectivity index (χ0n) is 23.6. The number of hydrogen-bond donors (Lipinski definition) is 1. The molecule has 10 nitrogen and oxygen atoms in total. The maximum Gasteiger partial charge on any atom is 0.416 e. The van der Waals surface area contributed by atoms with E-state index in [1.165, 1.54) is 13.8 Å². The highest BCUT2D eigenvalue weighted by Gasteiger charge is 2.54. The number of urea groups is 1. The Morgan fingerprint density at radius 1 is 1.09 bits per heavy atom. The summed E-state index contributed by atoms with van der Waals surface area (Å²) in [6.07, 6.45) is -5.81. The first-order valence-electron chi connectivity index (χ1n) is 13.6. The molecule has 5 rings (SSSR count). The number of halogens is 6. The van der Waals surface area contributed by atoms with E-state index in [0.717, 1.165) is 58.3 Å². The average Bonchev–Trinajstić information content (AvgIpc) is 3.53. The normalized spacial score (nSPS) is 21.3. The maximum atomic E-state index is 14.5. The Labute approximate surface area is 252 Å². The van der Waals surface area contributed by atoms with Crippen LogP contribution in [0.25, 0.3) is 11.0 Å². The SMILES string of the molecule is CC(C)N1C(=O)C(CNC(=O)[C@@H]2CC(F)(F)CN2S(=O)(=O)c2cc3cc(F)ccc3o2)CN(c2ccc(C(F)(F)F)cc2)C1=O. The molecule has 1 aromatic heterocycles. The van der Waals surface area contributed by atoms with Gasteiger partial charge in [-0.05, 0) is 56.3 Å². The van der Waals surface area contributed by atoms with Gasteiger partial charge in [-0.15, -0.1) is 0 Å². The highest BCUT2D eigenvalue weighted by Crippen LogP contribution is 2.38. The minimum Gasteiger partial charge on any atom is -0.443 e. The number of benzene rings is 2. The molecule has 242 valence electrons. The van der Waals surface area contributed by atoms with Gasteiger partial charge in [-0.3, -0.25) is 19.4 Å². The van der Waals surface area contributed by atoms with E-state index in [2.05, 4.69) is 5.32 Å². The molecule has 2 atom stereocenters. The summed E-state index contributed by atoms with van der Waals surface area (Å²) in [5.74, 6) is -7.33. The van der Waals surface area contributed by atoms with Crippen LogP contribution in [-0.2, 0) is 25.8 Å². The quantitative estimate of drug-likeness (QED) is 0.370. The number of furan rings is 1. The van der Waals surface area contributed by atoms with Crippen LogP contribution in [0.1, 0.15) is 25.8 Å². The van der Waals surface area contributed by atoms with Crippen molar-refractivity contribution >= 4 is 44.5 Å². The Balaban J connectivity index is 1.36. The van der Waals surface area contributed by atoms with Crippen molar-refractivity contribution in [2.75, 3.05) is 24.5 Å². The van der Waals surface area contributed by atoms with E-state index in [-0.39, 0.29) is 27.5 Å². The highest BCUT2D eigenvalue weighted by atomic mass is 32.2. The van der Waals surface area contributed by atoms with Crippen LogP contribution in [0.3, 0.4) is 0 Å². The van der Waals surface area contributed by atoms with Gasteiger partial charge in [0.1, 0.15) is 17.4 Å². The molecule has 3 aromatic rings. The highest BCUT2D eigenvalue weighted by molar-refractivity contribution is 7.89. The van der Waals surface area contributed by atoms with Gasteiger partial charge >= 0.3 is 12.2 Å². The van der Waals surface area contributed by atoms with Crippen LogP contribution in [0.5, 0.6) is 0 Å². The second-order valence-corrected chi connectivity index (χ2v) is 12.9. The van der Waals surface area contributed by atoms with E-state index in [1.54, 1.807) is 0 Å². The first-order valence-corrected chi connectivity index (χ1v) is 15.0. The van der Waals surface area contributed by atoms with Crippen LogP contribution >= 0.6 is 0 Å². The number of anilines is 1. The first kappa shape index (κ1) is 32.3. The van der Waals surface area contributed by atoms with Crippen LogP contribution in [0, 0.1) is 11.7 Å². The second kappa shape index (κ2) is 11.3. The van der Waals surface area contributed by atoms with E-state index in [4.69, 9.17) is 4.42 Å². The molecule has 1 N–H and O–H groups in total. The van der Waals surface area contributed by atoms with Crippen molar-refractivity contribution in [1.29, 1.82) is 0 Å². The summed E-state index contributed by atoms with van der Waals surface area (Å²) in [6.45, 7) is 0.823. The molecule has 2 fully saturated rings.